The van der Waals surface area contributed by atoms with Crippen molar-refractivity contribution in [3.05, 3.63) is 57.8 Å². The minimum atomic E-state index is -0.476. The molecular formula is C13H10Cl2FNO. The quantitative estimate of drug-likeness (QED) is 0.854. The molecule has 2 nitrogen and oxygen atoms in total. The zero-order valence-electron chi connectivity index (χ0n) is 9.29. The Labute approximate surface area is 114 Å². The third kappa shape index (κ3) is 2.86. The van der Waals surface area contributed by atoms with Gasteiger partial charge in [-0.2, -0.15) is 0 Å². The molecule has 0 aliphatic carbocycles. The van der Waals surface area contributed by atoms with Gasteiger partial charge < -0.3 is 10.5 Å². The molecule has 0 aliphatic heterocycles. The van der Waals surface area contributed by atoms with E-state index in [4.69, 9.17) is 33.7 Å². The van der Waals surface area contributed by atoms with E-state index < -0.39 is 5.82 Å². The monoisotopic (exact) mass is 285 g/mol. The second kappa shape index (κ2) is 5.46. The van der Waals surface area contributed by atoms with Crippen LogP contribution in [-0.2, 0) is 6.61 Å². The van der Waals surface area contributed by atoms with E-state index >= 15 is 0 Å². The van der Waals surface area contributed by atoms with Crippen molar-refractivity contribution < 1.29 is 9.13 Å². The van der Waals surface area contributed by atoms with Crippen LogP contribution in [0.15, 0.2) is 36.4 Å². The number of anilines is 1. The summed E-state index contributed by atoms with van der Waals surface area (Å²) in [5.41, 5.74) is 5.92. The van der Waals surface area contributed by atoms with Crippen molar-refractivity contribution in [1.82, 2.24) is 0 Å². The summed E-state index contributed by atoms with van der Waals surface area (Å²) in [7, 11) is 0. The smallest absolute Gasteiger partial charge is 0.152 e. The molecule has 0 saturated carbocycles. The maximum Gasteiger partial charge on any atom is 0.152 e. The van der Waals surface area contributed by atoms with E-state index in [1.807, 2.05) is 0 Å². The molecule has 0 radical (unpaired) electrons. The van der Waals surface area contributed by atoms with Gasteiger partial charge in [0.05, 0.1) is 10.7 Å². The summed E-state index contributed by atoms with van der Waals surface area (Å²) in [4.78, 5) is 0. The van der Waals surface area contributed by atoms with Gasteiger partial charge in [0.25, 0.3) is 0 Å². The predicted molar refractivity (Wildman–Crippen MR) is 71.6 cm³/mol. The minimum Gasteiger partial charge on any atom is -0.487 e. The van der Waals surface area contributed by atoms with Crippen molar-refractivity contribution in [2.75, 3.05) is 5.73 Å². The summed E-state index contributed by atoms with van der Waals surface area (Å²) in [5.74, 6) is -0.0679. The van der Waals surface area contributed by atoms with Crippen LogP contribution >= 0.6 is 23.2 Å². The fraction of sp³-hybridized carbons (Fsp3) is 0.0769. The maximum atomic E-state index is 13.6. The van der Waals surface area contributed by atoms with Gasteiger partial charge in [0.15, 0.2) is 5.82 Å². The van der Waals surface area contributed by atoms with Crippen molar-refractivity contribution in [3.63, 3.8) is 0 Å². The molecule has 94 valence electrons. The van der Waals surface area contributed by atoms with Crippen molar-refractivity contribution in [1.29, 1.82) is 0 Å². The number of ether oxygens (including phenoxy) is 1. The third-order valence-electron chi connectivity index (χ3n) is 2.38. The molecule has 0 amide bonds. The zero-order chi connectivity index (χ0) is 13.1. The summed E-state index contributed by atoms with van der Waals surface area (Å²) in [5, 5.41) is 0.922. The van der Waals surface area contributed by atoms with Gasteiger partial charge in [-0.15, -0.1) is 0 Å². The summed E-state index contributed by atoms with van der Waals surface area (Å²) in [6, 6.07) is 9.60. The molecule has 0 heterocycles. The lowest BCUT2D eigenvalue weighted by atomic mass is 10.2. The van der Waals surface area contributed by atoms with Crippen LogP contribution in [0.4, 0.5) is 10.1 Å². The van der Waals surface area contributed by atoms with Crippen molar-refractivity contribution in [2.24, 2.45) is 0 Å². The van der Waals surface area contributed by atoms with Gasteiger partial charge in [-0.25, -0.2) is 4.39 Å². The highest BCUT2D eigenvalue weighted by Crippen LogP contribution is 2.28. The molecule has 2 aromatic rings. The second-order valence-corrected chi connectivity index (χ2v) is 4.53. The first-order valence-corrected chi connectivity index (χ1v) is 5.94. The van der Waals surface area contributed by atoms with Crippen LogP contribution in [0.1, 0.15) is 5.56 Å². The first-order valence-electron chi connectivity index (χ1n) is 5.18. The Morgan fingerprint density at radius 1 is 1.17 bits per heavy atom. The topological polar surface area (TPSA) is 35.2 Å². The number of hydrogen-bond donors (Lipinski definition) is 1. The Hall–Kier alpha value is -1.45. The number of halogens is 3. The highest BCUT2D eigenvalue weighted by molar-refractivity contribution is 6.34. The molecule has 0 saturated heterocycles. The predicted octanol–water partition coefficient (Wildman–Crippen LogP) is 4.29. The SMILES string of the molecule is Nc1cccc(COc2cc(Cl)ccc2Cl)c1F. The first-order chi connectivity index (χ1) is 8.58. The maximum absolute atomic E-state index is 13.6. The molecule has 0 fully saturated rings. The van der Waals surface area contributed by atoms with Crippen molar-refractivity contribution in [2.45, 2.75) is 6.61 Å². The van der Waals surface area contributed by atoms with Gasteiger partial charge in [-0.3, -0.25) is 0 Å². The van der Waals surface area contributed by atoms with E-state index in [1.54, 1.807) is 30.3 Å². The molecule has 0 aliphatic rings. The number of benzene rings is 2. The van der Waals surface area contributed by atoms with Crippen molar-refractivity contribution in [3.8, 4) is 5.75 Å². The molecule has 5 heteroatoms. The lowest BCUT2D eigenvalue weighted by molar-refractivity contribution is 0.300. The molecule has 2 aromatic carbocycles. The van der Waals surface area contributed by atoms with Gasteiger partial charge in [-0.05, 0) is 18.2 Å². The lowest BCUT2D eigenvalue weighted by Gasteiger charge is -2.09. The average Bonchev–Trinajstić information content (AvgIpc) is 2.35. The average molecular weight is 286 g/mol. The van der Waals surface area contributed by atoms with Gasteiger partial charge in [-0.1, -0.05) is 35.3 Å². The van der Waals surface area contributed by atoms with Crippen LogP contribution in [0, 0.1) is 5.82 Å². The molecule has 2 N–H and O–H groups in total. The zero-order valence-corrected chi connectivity index (χ0v) is 10.8. The van der Waals surface area contributed by atoms with E-state index in [-0.39, 0.29) is 12.3 Å². The fourth-order valence-electron chi connectivity index (χ4n) is 1.45. The van der Waals surface area contributed by atoms with E-state index in [2.05, 4.69) is 0 Å². The van der Waals surface area contributed by atoms with Gasteiger partial charge >= 0.3 is 0 Å². The summed E-state index contributed by atoms with van der Waals surface area (Å²) in [6.07, 6.45) is 0. The van der Waals surface area contributed by atoms with Crippen LogP contribution in [-0.4, -0.2) is 0 Å². The van der Waals surface area contributed by atoms with E-state index in [9.17, 15) is 4.39 Å². The highest BCUT2D eigenvalue weighted by atomic mass is 35.5. The van der Waals surface area contributed by atoms with Crippen LogP contribution in [0.2, 0.25) is 10.0 Å². The summed E-state index contributed by atoms with van der Waals surface area (Å²) in [6.45, 7) is 0.0386. The van der Waals surface area contributed by atoms with E-state index in [1.165, 1.54) is 6.07 Å². The number of nitrogen functional groups attached to an aromatic ring is 1. The van der Waals surface area contributed by atoms with E-state index in [0.29, 0.717) is 21.4 Å². The van der Waals surface area contributed by atoms with Crippen LogP contribution < -0.4 is 10.5 Å². The fourth-order valence-corrected chi connectivity index (χ4v) is 1.79. The number of nitrogens with two attached hydrogens (primary N) is 1. The Morgan fingerprint density at radius 2 is 1.94 bits per heavy atom. The standard InChI is InChI=1S/C13H10Cl2FNO/c14-9-4-5-10(15)12(6-9)18-7-8-2-1-3-11(17)13(8)16/h1-6H,7,17H2. The lowest BCUT2D eigenvalue weighted by Crippen LogP contribution is -2.01. The number of rotatable bonds is 3. The van der Waals surface area contributed by atoms with Crippen LogP contribution in [0.5, 0.6) is 5.75 Å². The normalized spacial score (nSPS) is 10.4. The molecule has 0 aromatic heterocycles. The number of hydrogen-bond acceptors (Lipinski definition) is 2. The second-order valence-electron chi connectivity index (χ2n) is 3.68. The molecule has 0 bridgehead atoms. The molecule has 0 atom stereocenters. The summed E-state index contributed by atoms with van der Waals surface area (Å²) >= 11 is 11.8. The van der Waals surface area contributed by atoms with Gasteiger partial charge in [0.2, 0.25) is 0 Å². The third-order valence-corrected chi connectivity index (χ3v) is 2.93. The molecule has 0 unspecified atom stereocenters. The first kappa shape index (κ1) is 13.0. The van der Waals surface area contributed by atoms with Crippen LogP contribution in [0.25, 0.3) is 0 Å². The summed E-state index contributed by atoms with van der Waals surface area (Å²) < 4.78 is 19.0. The minimum absolute atomic E-state index is 0.0386. The molecule has 2 rings (SSSR count). The largest absolute Gasteiger partial charge is 0.487 e. The Kier molecular flexibility index (Phi) is 3.94. The van der Waals surface area contributed by atoms with Crippen molar-refractivity contribution >= 4 is 28.9 Å². The van der Waals surface area contributed by atoms with E-state index in [0.717, 1.165) is 0 Å². The highest BCUT2D eigenvalue weighted by Gasteiger charge is 2.08. The Balaban J connectivity index is 2.16. The van der Waals surface area contributed by atoms with Crippen LogP contribution in [0.3, 0.4) is 0 Å². The Bertz CT molecular complexity index is 573. The van der Waals surface area contributed by atoms with Gasteiger partial charge in [0.1, 0.15) is 12.4 Å². The van der Waals surface area contributed by atoms with Gasteiger partial charge in [0, 0.05) is 16.7 Å². The molecule has 0 spiro atoms. The molecule has 18 heavy (non-hydrogen) atoms. The molecular weight excluding hydrogens is 276 g/mol. The Morgan fingerprint density at radius 3 is 2.72 bits per heavy atom.